The van der Waals surface area contributed by atoms with Gasteiger partial charge in [-0.2, -0.15) is 26.7 Å². The first-order valence-electron chi connectivity index (χ1n) is 7.72. The van der Waals surface area contributed by atoms with Crippen molar-refractivity contribution in [3.05, 3.63) is 0 Å². The van der Waals surface area contributed by atoms with Crippen molar-refractivity contribution in [3.63, 3.8) is 0 Å². The molecule has 2 rings (SSSR count). The molecule has 0 aromatic carbocycles. The molecule has 1 aliphatic carbocycles. The fourth-order valence-corrected chi connectivity index (χ4v) is 3.46. The average molecular weight is 310 g/mol. The monoisotopic (exact) mass is 310 g/mol. The first-order chi connectivity index (χ1) is 10.2. The Labute approximate surface area is 131 Å². The number of anilines is 3. The van der Waals surface area contributed by atoms with E-state index in [4.69, 9.17) is 5.73 Å². The van der Waals surface area contributed by atoms with Crippen molar-refractivity contribution in [3.8, 4) is 0 Å². The summed E-state index contributed by atoms with van der Waals surface area (Å²) in [5.41, 5.74) is 5.82. The van der Waals surface area contributed by atoms with Gasteiger partial charge in [0.05, 0.1) is 0 Å². The van der Waals surface area contributed by atoms with E-state index in [1.165, 1.54) is 12.8 Å². The van der Waals surface area contributed by atoms with Gasteiger partial charge < -0.3 is 16.0 Å². The van der Waals surface area contributed by atoms with E-state index >= 15 is 0 Å². The van der Waals surface area contributed by atoms with Crippen LogP contribution in [0.2, 0.25) is 0 Å². The zero-order valence-corrected chi connectivity index (χ0v) is 14.0. The van der Waals surface area contributed by atoms with Crippen LogP contribution < -0.4 is 16.0 Å². The Morgan fingerprint density at radius 1 is 1.14 bits per heavy atom. The maximum Gasteiger partial charge on any atom is 0.231 e. The number of nitrogen functional groups attached to an aromatic ring is 1. The molecule has 0 aliphatic heterocycles. The lowest BCUT2D eigenvalue weighted by Gasteiger charge is -2.28. The third-order valence-corrected chi connectivity index (χ3v) is 5.17. The van der Waals surface area contributed by atoms with Crippen LogP contribution in [0.15, 0.2) is 0 Å². The van der Waals surface area contributed by atoms with E-state index in [-0.39, 0.29) is 5.95 Å². The predicted octanol–water partition coefficient (Wildman–Crippen LogP) is 2.39. The number of rotatable bonds is 6. The van der Waals surface area contributed by atoms with Crippen LogP contribution in [0.3, 0.4) is 0 Å². The quantitative estimate of drug-likeness (QED) is 0.835. The summed E-state index contributed by atoms with van der Waals surface area (Å²) in [6.45, 7) is 5.89. The molecule has 0 bridgehead atoms. The highest BCUT2D eigenvalue weighted by molar-refractivity contribution is 7.99. The molecule has 1 fully saturated rings. The van der Waals surface area contributed by atoms with Crippen LogP contribution in [0.25, 0.3) is 0 Å². The van der Waals surface area contributed by atoms with Gasteiger partial charge in [-0.1, -0.05) is 0 Å². The molecule has 0 radical (unpaired) electrons. The molecule has 1 aromatic rings. The standard InChI is InChI=1S/C14H26N6S/c1-4-20(5-2)14-18-12(15)17-13(19-14)16-10-6-8-11(21-3)9-7-10/h10-11H,4-9H2,1-3H3,(H3,15,16,17,18,19). The number of nitrogens with two attached hydrogens (primary N) is 1. The van der Waals surface area contributed by atoms with Crippen molar-refractivity contribution in [2.24, 2.45) is 0 Å². The van der Waals surface area contributed by atoms with E-state index in [0.29, 0.717) is 17.9 Å². The van der Waals surface area contributed by atoms with Crippen LogP contribution in [0.4, 0.5) is 17.8 Å². The summed E-state index contributed by atoms with van der Waals surface area (Å²) >= 11 is 1.97. The van der Waals surface area contributed by atoms with Gasteiger partial charge in [0.1, 0.15) is 0 Å². The fraction of sp³-hybridized carbons (Fsp3) is 0.786. The van der Waals surface area contributed by atoms with E-state index in [1.54, 1.807) is 0 Å². The molecule has 7 heteroatoms. The summed E-state index contributed by atoms with van der Waals surface area (Å²) in [5.74, 6) is 1.55. The summed E-state index contributed by atoms with van der Waals surface area (Å²) in [7, 11) is 0. The van der Waals surface area contributed by atoms with Crippen LogP contribution in [0, 0.1) is 0 Å². The molecule has 0 amide bonds. The van der Waals surface area contributed by atoms with Crippen LogP contribution in [-0.4, -0.2) is 45.6 Å². The molecule has 1 heterocycles. The number of thioether (sulfide) groups is 1. The third kappa shape index (κ3) is 4.36. The Morgan fingerprint density at radius 3 is 2.38 bits per heavy atom. The average Bonchev–Trinajstić information content (AvgIpc) is 2.49. The summed E-state index contributed by atoms with van der Waals surface area (Å²) < 4.78 is 0. The minimum absolute atomic E-state index is 0.284. The lowest BCUT2D eigenvalue weighted by Crippen LogP contribution is -2.29. The van der Waals surface area contributed by atoms with Gasteiger partial charge in [0.15, 0.2) is 0 Å². The Kier molecular flexibility index (Phi) is 5.90. The molecular formula is C14H26N6S. The van der Waals surface area contributed by atoms with Crippen molar-refractivity contribution in [1.29, 1.82) is 0 Å². The lowest BCUT2D eigenvalue weighted by atomic mass is 9.95. The Balaban J connectivity index is 2.03. The second kappa shape index (κ2) is 7.68. The van der Waals surface area contributed by atoms with Gasteiger partial charge >= 0.3 is 0 Å². The van der Waals surface area contributed by atoms with Crippen LogP contribution in [0.1, 0.15) is 39.5 Å². The molecule has 118 valence electrons. The number of hydrogen-bond donors (Lipinski definition) is 2. The second-order valence-electron chi connectivity index (χ2n) is 5.34. The molecule has 0 unspecified atom stereocenters. The molecule has 1 aromatic heterocycles. The van der Waals surface area contributed by atoms with E-state index in [2.05, 4.69) is 45.3 Å². The van der Waals surface area contributed by atoms with E-state index in [0.717, 1.165) is 31.2 Å². The van der Waals surface area contributed by atoms with Gasteiger partial charge in [-0.3, -0.25) is 0 Å². The maximum absolute atomic E-state index is 5.82. The van der Waals surface area contributed by atoms with Crippen molar-refractivity contribution in [2.75, 3.05) is 35.3 Å². The SMILES string of the molecule is CCN(CC)c1nc(N)nc(NC2CCC(SC)CC2)n1. The normalized spacial score (nSPS) is 22.0. The van der Waals surface area contributed by atoms with E-state index in [1.807, 2.05) is 11.8 Å². The minimum Gasteiger partial charge on any atom is -0.368 e. The van der Waals surface area contributed by atoms with Gasteiger partial charge in [-0.05, 0) is 45.8 Å². The Hall–Kier alpha value is -1.24. The smallest absolute Gasteiger partial charge is 0.231 e. The second-order valence-corrected chi connectivity index (χ2v) is 6.48. The van der Waals surface area contributed by atoms with Crippen molar-refractivity contribution >= 4 is 29.6 Å². The summed E-state index contributed by atoms with van der Waals surface area (Å²) in [4.78, 5) is 15.1. The molecule has 3 N–H and O–H groups in total. The molecule has 0 spiro atoms. The van der Waals surface area contributed by atoms with Crippen molar-refractivity contribution < 1.29 is 0 Å². The van der Waals surface area contributed by atoms with Crippen molar-refractivity contribution in [1.82, 2.24) is 15.0 Å². The third-order valence-electron chi connectivity index (χ3n) is 4.03. The number of nitrogens with one attached hydrogen (secondary N) is 1. The Bertz CT molecular complexity index is 443. The first kappa shape index (κ1) is 16.1. The van der Waals surface area contributed by atoms with Crippen LogP contribution in [0.5, 0.6) is 0 Å². The molecule has 6 nitrogen and oxygen atoms in total. The number of nitrogens with zero attached hydrogens (tertiary/aromatic N) is 4. The van der Waals surface area contributed by atoms with Crippen LogP contribution in [-0.2, 0) is 0 Å². The lowest BCUT2D eigenvalue weighted by molar-refractivity contribution is 0.471. The minimum atomic E-state index is 0.284. The first-order valence-corrected chi connectivity index (χ1v) is 9.00. The van der Waals surface area contributed by atoms with Gasteiger partial charge in [0, 0.05) is 24.4 Å². The molecule has 1 saturated carbocycles. The topological polar surface area (TPSA) is 80.0 Å². The molecule has 0 atom stereocenters. The van der Waals surface area contributed by atoms with Crippen molar-refractivity contribution in [2.45, 2.75) is 50.8 Å². The van der Waals surface area contributed by atoms with Gasteiger partial charge in [-0.25, -0.2) is 0 Å². The molecular weight excluding hydrogens is 284 g/mol. The van der Waals surface area contributed by atoms with E-state index in [9.17, 15) is 0 Å². The fourth-order valence-electron chi connectivity index (χ4n) is 2.72. The van der Waals surface area contributed by atoms with E-state index < -0.39 is 0 Å². The van der Waals surface area contributed by atoms with Gasteiger partial charge in [-0.15, -0.1) is 0 Å². The number of hydrogen-bond acceptors (Lipinski definition) is 7. The van der Waals surface area contributed by atoms with Crippen LogP contribution >= 0.6 is 11.8 Å². The maximum atomic E-state index is 5.82. The molecule has 21 heavy (non-hydrogen) atoms. The summed E-state index contributed by atoms with van der Waals surface area (Å²) in [5, 5.41) is 4.24. The Morgan fingerprint density at radius 2 is 1.81 bits per heavy atom. The molecule has 1 aliphatic rings. The zero-order valence-electron chi connectivity index (χ0n) is 13.2. The zero-order chi connectivity index (χ0) is 15.2. The highest BCUT2D eigenvalue weighted by Crippen LogP contribution is 2.28. The predicted molar refractivity (Wildman–Crippen MR) is 91.0 cm³/mol. The van der Waals surface area contributed by atoms with Gasteiger partial charge in [0.25, 0.3) is 0 Å². The highest BCUT2D eigenvalue weighted by atomic mass is 32.2. The largest absolute Gasteiger partial charge is 0.368 e. The number of aromatic nitrogens is 3. The highest BCUT2D eigenvalue weighted by Gasteiger charge is 2.21. The summed E-state index contributed by atoms with van der Waals surface area (Å²) in [6.07, 6.45) is 7.03. The molecule has 0 saturated heterocycles. The van der Waals surface area contributed by atoms with Gasteiger partial charge in [0.2, 0.25) is 17.8 Å². The summed E-state index contributed by atoms with van der Waals surface area (Å²) in [6, 6.07) is 0.444.